The van der Waals surface area contributed by atoms with Gasteiger partial charge >= 0.3 is 0 Å². The van der Waals surface area contributed by atoms with Gasteiger partial charge in [-0.2, -0.15) is 0 Å². The lowest BCUT2D eigenvalue weighted by atomic mass is 10.1. The van der Waals surface area contributed by atoms with E-state index in [9.17, 15) is 13.2 Å². The normalized spacial score (nSPS) is 15.6. The van der Waals surface area contributed by atoms with Crippen molar-refractivity contribution in [2.75, 3.05) is 64.9 Å². The molecule has 0 unspecified atom stereocenters. The number of aliphatic imine (C=N–C) groups is 1. The summed E-state index contributed by atoms with van der Waals surface area (Å²) in [5.41, 5.74) is 10.7. The zero-order valence-corrected chi connectivity index (χ0v) is 33.9. The fourth-order valence-electron chi connectivity index (χ4n) is 3.42. The summed E-state index contributed by atoms with van der Waals surface area (Å²) in [4.78, 5) is 20.7. The van der Waals surface area contributed by atoms with Gasteiger partial charge in [0.05, 0.1) is 35.6 Å². The van der Waals surface area contributed by atoms with Gasteiger partial charge < -0.3 is 37.0 Å². The SMILES string of the molecule is C.C.CC.CC(=N)C1CC1.CC(=N)N.CC(=N)N1CCS(=O)(=O)CC1.CC(=O)N1CCCCC1.CC(C)=N.CC1=NCCN1C.CCC.CN. The lowest BCUT2D eigenvalue weighted by Gasteiger charge is -2.27. The van der Waals surface area contributed by atoms with Crippen molar-refractivity contribution in [3.63, 3.8) is 0 Å². The number of piperidine rings is 1. The fourth-order valence-corrected chi connectivity index (χ4v) is 4.62. The molecule has 0 bridgehead atoms. The molecule has 1 saturated carbocycles. The molecule has 50 heavy (non-hydrogen) atoms. The van der Waals surface area contributed by atoms with Crippen LogP contribution in [0.15, 0.2) is 4.99 Å². The van der Waals surface area contributed by atoms with Crippen LogP contribution in [-0.4, -0.2) is 123 Å². The number of nitrogens with zero attached hydrogens (tertiary/aromatic N) is 4. The van der Waals surface area contributed by atoms with E-state index >= 15 is 0 Å². The molecular formula is C36H84N10O3S. The van der Waals surface area contributed by atoms with Gasteiger partial charge in [-0.15, -0.1) is 0 Å². The van der Waals surface area contributed by atoms with E-state index in [1.165, 1.54) is 58.3 Å². The second-order valence-corrected chi connectivity index (χ2v) is 13.8. The highest BCUT2D eigenvalue weighted by Gasteiger charge is 2.22. The van der Waals surface area contributed by atoms with Crippen LogP contribution < -0.4 is 11.5 Å². The third kappa shape index (κ3) is 49.5. The highest BCUT2D eigenvalue weighted by atomic mass is 32.2. The number of rotatable bonds is 1. The third-order valence-electron chi connectivity index (χ3n) is 6.14. The van der Waals surface area contributed by atoms with E-state index in [-0.39, 0.29) is 38.1 Å². The van der Waals surface area contributed by atoms with Gasteiger partial charge in [0, 0.05) is 58.1 Å². The van der Waals surface area contributed by atoms with Crippen molar-refractivity contribution >= 4 is 44.7 Å². The van der Waals surface area contributed by atoms with E-state index in [1.807, 2.05) is 32.6 Å². The van der Waals surface area contributed by atoms with E-state index in [1.54, 1.807) is 32.6 Å². The molecule has 13 nitrogen and oxygen atoms in total. The van der Waals surface area contributed by atoms with Crippen LogP contribution in [0.3, 0.4) is 0 Å². The average Bonchev–Trinajstić information content (AvgIpc) is 3.80. The minimum Gasteiger partial charge on any atom is -0.388 e. The van der Waals surface area contributed by atoms with Crippen molar-refractivity contribution in [3.05, 3.63) is 0 Å². The molecule has 0 radical (unpaired) electrons. The van der Waals surface area contributed by atoms with Gasteiger partial charge in [-0.25, -0.2) is 8.42 Å². The smallest absolute Gasteiger partial charge is 0.219 e. The number of sulfone groups is 1. The van der Waals surface area contributed by atoms with Crippen molar-refractivity contribution in [2.45, 2.75) is 130 Å². The first kappa shape index (κ1) is 62.3. The van der Waals surface area contributed by atoms with Crippen molar-refractivity contribution in [1.82, 2.24) is 14.7 Å². The van der Waals surface area contributed by atoms with Crippen LogP contribution in [0.4, 0.5) is 0 Å². The summed E-state index contributed by atoms with van der Waals surface area (Å²) in [7, 11) is 0.774. The number of hydrogen-bond acceptors (Lipinski definition) is 10. The van der Waals surface area contributed by atoms with Crippen LogP contribution >= 0.6 is 0 Å². The van der Waals surface area contributed by atoms with E-state index in [2.05, 4.69) is 36.5 Å². The van der Waals surface area contributed by atoms with Crippen molar-refractivity contribution in [1.29, 1.82) is 21.6 Å². The third-order valence-corrected chi connectivity index (χ3v) is 7.75. The highest BCUT2D eigenvalue weighted by Crippen LogP contribution is 2.29. The summed E-state index contributed by atoms with van der Waals surface area (Å²) in [6.45, 7) is 25.5. The van der Waals surface area contributed by atoms with Crippen LogP contribution in [0, 0.1) is 27.6 Å². The minimum atomic E-state index is -2.79. The highest BCUT2D eigenvalue weighted by molar-refractivity contribution is 7.91. The number of likely N-dealkylation sites (tertiary alicyclic amines) is 1. The maximum atomic E-state index is 10.9. The molecule has 302 valence electrons. The molecule has 3 aliphatic heterocycles. The molecule has 4 rings (SSSR count). The number of nitrogens with one attached hydrogen (secondary N) is 4. The van der Waals surface area contributed by atoms with Gasteiger partial charge in [0.15, 0.2) is 9.84 Å². The molecule has 0 aromatic carbocycles. The summed E-state index contributed by atoms with van der Waals surface area (Å²) < 4.78 is 21.8. The number of carbonyl (C=O) groups excluding carboxylic acids is 1. The summed E-state index contributed by atoms with van der Waals surface area (Å²) in [6, 6.07) is 0. The number of carbonyl (C=O) groups is 1. The fraction of sp³-hybridized carbons (Fsp3) is 0.833. The van der Waals surface area contributed by atoms with E-state index < -0.39 is 9.84 Å². The largest absolute Gasteiger partial charge is 0.388 e. The molecule has 0 aromatic heterocycles. The Hall–Kier alpha value is -2.87. The summed E-state index contributed by atoms with van der Waals surface area (Å²) in [6.07, 6.45) is 7.48. The van der Waals surface area contributed by atoms with Crippen LogP contribution in [0.1, 0.15) is 130 Å². The van der Waals surface area contributed by atoms with E-state index in [0.29, 0.717) is 30.6 Å². The molecule has 0 atom stereocenters. The average molecular weight is 737 g/mol. The zero-order valence-electron chi connectivity index (χ0n) is 33.1. The van der Waals surface area contributed by atoms with Gasteiger partial charge in [0.2, 0.25) is 5.91 Å². The van der Waals surface area contributed by atoms with Crippen LogP contribution in [0.5, 0.6) is 0 Å². The van der Waals surface area contributed by atoms with Crippen molar-refractivity contribution in [2.24, 2.45) is 22.4 Å². The van der Waals surface area contributed by atoms with E-state index in [0.717, 1.165) is 31.9 Å². The number of hydrogen-bond donors (Lipinski definition) is 6. The summed E-state index contributed by atoms with van der Waals surface area (Å²) >= 11 is 0. The minimum absolute atomic E-state index is 0. The van der Waals surface area contributed by atoms with Crippen molar-refractivity contribution < 1.29 is 13.2 Å². The zero-order chi connectivity index (χ0) is 38.9. The first-order valence-corrected chi connectivity index (χ1v) is 19.1. The lowest BCUT2D eigenvalue weighted by molar-refractivity contribution is -0.129. The topological polar surface area (TPSA) is 221 Å². The monoisotopic (exact) mass is 737 g/mol. The molecule has 1 aliphatic carbocycles. The predicted molar refractivity (Wildman–Crippen MR) is 224 cm³/mol. The Bertz CT molecular complexity index is 958. The Balaban J connectivity index is -0.0000000873. The van der Waals surface area contributed by atoms with Gasteiger partial charge in [-0.3, -0.25) is 20.6 Å². The molecule has 4 aliphatic rings. The summed E-state index contributed by atoms with van der Waals surface area (Å²) in [5, 5.41) is 27.0. The standard InChI is InChI=1S/C7H13NO.C6H12N2O2S.C5H10N2.C5H9N.C3H7N.C3H8.C2H6N2.C2H6.CH5N.2CH4/c1-7(9)8-5-3-2-4-6-8;1-6(7)8-2-4-11(9,10)5-3-8;1-5-6-3-4-7(5)2;1-4(6)5-2-3-5;1-3(2)4;1-3-2;1-2(3)4;2*1-2;;/h2-6H2,1H3;7H,2-5H2,1H3;3-4H2,1-2H3;5-6H,2-3H2,1H3;4H,1-2H3;3H2,1-2H3;1H3,(H3,3,4);1-2H3;2H2,1H3;2*1H4. The van der Waals surface area contributed by atoms with Gasteiger partial charge in [0.1, 0.15) is 0 Å². The predicted octanol–water partition coefficient (Wildman–Crippen LogP) is 6.80. The maximum absolute atomic E-state index is 10.9. The molecule has 3 fully saturated rings. The first-order valence-electron chi connectivity index (χ1n) is 17.2. The molecule has 0 spiro atoms. The summed E-state index contributed by atoms with van der Waals surface area (Å²) in [5.74, 6) is 3.10. The second-order valence-electron chi connectivity index (χ2n) is 11.5. The Labute approximate surface area is 310 Å². The van der Waals surface area contributed by atoms with Gasteiger partial charge in [-0.1, -0.05) is 49.0 Å². The Morgan fingerprint density at radius 2 is 1.16 bits per heavy atom. The van der Waals surface area contributed by atoms with Crippen LogP contribution in [0.2, 0.25) is 0 Å². The van der Waals surface area contributed by atoms with Crippen molar-refractivity contribution in [3.8, 4) is 0 Å². The molecule has 0 aromatic rings. The lowest BCUT2D eigenvalue weighted by Crippen LogP contribution is -2.42. The quantitative estimate of drug-likeness (QED) is 0.125. The van der Waals surface area contributed by atoms with Crippen LogP contribution in [0.25, 0.3) is 0 Å². The number of amidine groups is 3. The number of nitrogens with two attached hydrogens (primary N) is 2. The maximum Gasteiger partial charge on any atom is 0.219 e. The van der Waals surface area contributed by atoms with E-state index in [4.69, 9.17) is 27.4 Å². The molecule has 2 saturated heterocycles. The Morgan fingerprint density at radius 3 is 1.32 bits per heavy atom. The van der Waals surface area contributed by atoms with Crippen LogP contribution in [-0.2, 0) is 14.6 Å². The molecular weight excluding hydrogens is 653 g/mol. The second kappa shape index (κ2) is 40.6. The van der Waals surface area contributed by atoms with Gasteiger partial charge in [0.25, 0.3) is 0 Å². The first-order chi connectivity index (χ1) is 22.3. The molecule has 14 heteroatoms. The Morgan fingerprint density at radius 1 is 0.800 bits per heavy atom. The molecule has 8 N–H and O–H groups in total. The molecule has 1 amide bonds. The number of amides is 1. The van der Waals surface area contributed by atoms with Gasteiger partial charge in [-0.05, 0) is 86.6 Å². The number of likely N-dealkylation sites (N-methyl/N-ethyl adjacent to an activating group) is 1. The molecule has 3 heterocycles. The Kier molecular flexibility index (Phi) is 50.5.